The van der Waals surface area contributed by atoms with E-state index in [2.05, 4.69) is 34.9 Å². The van der Waals surface area contributed by atoms with Gasteiger partial charge in [-0.05, 0) is 54.1 Å². The summed E-state index contributed by atoms with van der Waals surface area (Å²) in [6, 6.07) is 5.69. The van der Waals surface area contributed by atoms with Gasteiger partial charge in [-0.1, -0.05) is 39.3 Å². The molecule has 0 fully saturated rings. The van der Waals surface area contributed by atoms with Crippen LogP contribution in [-0.2, 0) is 11.2 Å². The largest absolute Gasteiger partial charge is 0.309 e. The molecule has 0 unspecified atom stereocenters. The maximum absolute atomic E-state index is 11.9. The fourth-order valence-corrected chi connectivity index (χ4v) is 4.30. The van der Waals surface area contributed by atoms with E-state index in [0.717, 1.165) is 34.5 Å². The molecular formula is C15H21BrClNOS2. The third-order valence-corrected chi connectivity index (χ3v) is 6.48. The van der Waals surface area contributed by atoms with Crippen LogP contribution in [0.5, 0.6) is 0 Å². The van der Waals surface area contributed by atoms with Crippen LogP contribution in [0, 0.1) is 0 Å². The number of hydrogen-bond acceptors (Lipinski definition) is 4. The van der Waals surface area contributed by atoms with Crippen molar-refractivity contribution in [1.82, 2.24) is 4.90 Å². The van der Waals surface area contributed by atoms with Crippen LogP contribution in [0.2, 0.25) is 5.02 Å². The summed E-state index contributed by atoms with van der Waals surface area (Å²) in [6.07, 6.45) is 2.07. The molecule has 0 saturated heterocycles. The summed E-state index contributed by atoms with van der Waals surface area (Å²) in [5.74, 6) is 2.45. The summed E-state index contributed by atoms with van der Waals surface area (Å²) in [4.78, 5) is 14.1. The van der Waals surface area contributed by atoms with Crippen molar-refractivity contribution in [3.05, 3.63) is 33.3 Å². The van der Waals surface area contributed by atoms with E-state index in [1.54, 1.807) is 0 Å². The van der Waals surface area contributed by atoms with Crippen LogP contribution in [0.4, 0.5) is 0 Å². The second-order valence-electron chi connectivity index (χ2n) is 5.01. The summed E-state index contributed by atoms with van der Waals surface area (Å²) in [6.45, 7) is 1.10. The highest BCUT2D eigenvalue weighted by molar-refractivity contribution is 9.10. The third-order valence-electron chi connectivity index (χ3n) is 2.77. The minimum atomic E-state index is 0.285. The van der Waals surface area contributed by atoms with Crippen LogP contribution in [0.25, 0.3) is 0 Å². The van der Waals surface area contributed by atoms with Crippen molar-refractivity contribution >= 4 is 54.9 Å². The molecule has 1 rings (SSSR count). The molecule has 0 spiro atoms. The lowest BCUT2D eigenvalue weighted by Crippen LogP contribution is -2.14. The normalized spacial score (nSPS) is 11.1. The average molecular weight is 411 g/mol. The average Bonchev–Trinajstić information content (AvgIpc) is 2.41. The van der Waals surface area contributed by atoms with Crippen LogP contribution < -0.4 is 0 Å². The number of hydrogen-bond donors (Lipinski definition) is 0. The van der Waals surface area contributed by atoms with Gasteiger partial charge in [0.1, 0.15) is 5.78 Å². The van der Waals surface area contributed by atoms with Gasteiger partial charge < -0.3 is 4.90 Å². The molecule has 0 heterocycles. The first-order chi connectivity index (χ1) is 9.99. The first-order valence-electron chi connectivity index (χ1n) is 6.84. The Bertz CT molecular complexity index is 457. The smallest absolute Gasteiger partial charge is 0.137 e. The molecule has 0 aliphatic rings. The number of rotatable bonds is 10. The summed E-state index contributed by atoms with van der Waals surface area (Å²) >= 11 is 9.38. The Labute approximate surface area is 148 Å². The van der Waals surface area contributed by atoms with Gasteiger partial charge in [-0.2, -0.15) is 0 Å². The van der Waals surface area contributed by atoms with E-state index < -0.39 is 0 Å². The number of benzene rings is 1. The van der Waals surface area contributed by atoms with Crippen LogP contribution in [-0.4, -0.2) is 42.8 Å². The molecular weight excluding hydrogens is 390 g/mol. The minimum absolute atomic E-state index is 0.285. The quantitative estimate of drug-likeness (QED) is 0.402. The van der Waals surface area contributed by atoms with E-state index in [4.69, 9.17) is 11.6 Å². The van der Waals surface area contributed by atoms with Crippen LogP contribution >= 0.6 is 49.1 Å². The molecule has 2 nitrogen and oxygen atoms in total. The van der Waals surface area contributed by atoms with Crippen molar-refractivity contribution in [2.24, 2.45) is 0 Å². The van der Waals surface area contributed by atoms with E-state index >= 15 is 0 Å². The summed E-state index contributed by atoms with van der Waals surface area (Å²) in [7, 11) is 7.90. The first-order valence-corrected chi connectivity index (χ1v) is 10.5. The second-order valence-corrected chi connectivity index (χ2v) is 8.98. The van der Waals surface area contributed by atoms with E-state index in [1.165, 1.54) is 0 Å². The van der Waals surface area contributed by atoms with E-state index in [-0.39, 0.29) is 5.78 Å². The number of carbonyl (C=O) groups is 1. The Kier molecular flexibility index (Phi) is 10.1. The van der Waals surface area contributed by atoms with Crippen molar-refractivity contribution in [1.29, 1.82) is 0 Å². The zero-order valence-corrected chi connectivity index (χ0v) is 16.4. The Morgan fingerprint density at radius 2 is 2.00 bits per heavy atom. The lowest BCUT2D eigenvalue weighted by molar-refractivity contribution is -0.118. The molecule has 0 radical (unpaired) electrons. The number of nitrogens with zero attached hydrogens (tertiary/aromatic N) is 1. The predicted molar refractivity (Wildman–Crippen MR) is 101 cm³/mol. The monoisotopic (exact) mass is 409 g/mol. The standard InChI is InChI=1S/C15H21BrClNOS2/c1-18(2)7-9-21-20-8-3-4-13(19)10-12-5-6-14(16)15(17)11-12/h5-6,11H,3-4,7-10H2,1-2H3. The molecule has 0 aromatic heterocycles. The van der Waals surface area contributed by atoms with E-state index in [9.17, 15) is 4.79 Å². The predicted octanol–water partition coefficient (Wildman–Crippen LogP) is 4.94. The van der Waals surface area contributed by atoms with Crippen molar-refractivity contribution < 1.29 is 4.79 Å². The summed E-state index contributed by atoms with van der Waals surface area (Å²) in [5.41, 5.74) is 0.987. The number of ketones is 1. The molecule has 0 amide bonds. The first kappa shape index (κ1) is 19.4. The molecule has 1 aromatic carbocycles. The van der Waals surface area contributed by atoms with Gasteiger partial charge in [0.05, 0.1) is 5.02 Å². The topological polar surface area (TPSA) is 20.3 Å². The maximum Gasteiger partial charge on any atom is 0.137 e. The highest BCUT2D eigenvalue weighted by Crippen LogP contribution is 2.24. The minimum Gasteiger partial charge on any atom is -0.309 e. The fourth-order valence-electron chi connectivity index (χ4n) is 1.63. The SMILES string of the molecule is CN(C)CCSSCCCC(=O)Cc1ccc(Br)c(Cl)c1. The van der Waals surface area contributed by atoms with Crippen molar-refractivity contribution in [2.75, 3.05) is 32.1 Å². The van der Waals surface area contributed by atoms with Gasteiger partial charge in [-0.3, -0.25) is 4.79 Å². The fraction of sp³-hybridized carbons (Fsp3) is 0.533. The molecule has 0 atom stereocenters. The van der Waals surface area contributed by atoms with Gasteiger partial charge in [0.15, 0.2) is 0 Å². The Morgan fingerprint density at radius 1 is 1.29 bits per heavy atom. The molecule has 0 N–H and O–H groups in total. The highest BCUT2D eigenvalue weighted by Gasteiger charge is 2.06. The van der Waals surface area contributed by atoms with Crippen molar-refractivity contribution in [3.63, 3.8) is 0 Å². The van der Waals surface area contributed by atoms with Gasteiger partial charge in [0, 0.05) is 35.4 Å². The molecule has 1 aromatic rings. The molecule has 118 valence electrons. The van der Waals surface area contributed by atoms with Gasteiger partial charge in [-0.15, -0.1) is 0 Å². The molecule has 6 heteroatoms. The Balaban J connectivity index is 2.12. The molecule has 0 aliphatic carbocycles. The van der Waals surface area contributed by atoms with Crippen LogP contribution in [0.15, 0.2) is 22.7 Å². The Morgan fingerprint density at radius 3 is 2.67 bits per heavy atom. The van der Waals surface area contributed by atoms with Crippen LogP contribution in [0.3, 0.4) is 0 Å². The number of carbonyl (C=O) groups excluding carboxylic acids is 1. The maximum atomic E-state index is 11.9. The zero-order chi connectivity index (χ0) is 15.7. The molecule has 0 aliphatic heterocycles. The lowest BCUT2D eigenvalue weighted by Gasteiger charge is -2.08. The zero-order valence-electron chi connectivity index (χ0n) is 12.4. The lowest BCUT2D eigenvalue weighted by atomic mass is 10.1. The number of halogens is 2. The summed E-state index contributed by atoms with van der Waals surface area (Å²) < 4.78 is 0.867. The molecule has 21 heavy (non-hydrogen) atoms. The van der Waals surface area contributed by atoms with Gasteiger partial charge in [0.2, 0.25) is 0 Å². The molecule has 0 saturated carbocycles. The van der Waals surface area contributed by atoms with Crippen molar-refractivity contribution in [3.8, 4) is 0 Å². The van der Waals surface area contributed by atoms with Gasteiger partial charge in [0.25, 0.3) is 0 Å². The Hall–Kier alpha value is 0.320. The van der Waals surface area contributed by atoms with E-state index in [1.807, 2.05) is 39.8 Å². The highest BCUT2D eigenvalue weighted by atomic mass is 79.9. The third kappa shape index (κ3) is 9.14. The molecule has 0 bridgehead atoms. The van der Waals surface area contributed by atoms with Crippen LogP contribution in [0.1, 0.15) is 18.4 Å². The number of Topliss-reactive ketones (excluding diaryl/α,β-unsaturated/α-hetero) is 1. The summed E-state index contributed by atoms with van der Waals surface area (Å²) in [5, 5.41) is 0.660. The van der Waals surface area contributed by atoms with Crippen molar-refractivity contribution in [2.45, 2.75) is 19.3 Å². The van der Waals surface area contributed by atoms with E-state index in [0.29, 0.717) is 17.9 Å². The van der Waals surface area contributed by atoms with Gasteiger partial charge >= 0.3 is 0 Å². The second kappa shape index (κ2) is 10.9. The van der Waals surface area contributed by atoms with Gasteiger partial charge in [-0.25, -0.2) is 0 Å².